The lowest BCUT2D eigenvalue weighted by atomic mass is 9.81. The zero-order valence-corrected chi connectivity index (χ0v) is 14.9. The average molecular weight is 372 g/mol. The minimum Gasteiger partial charge on any atom is -0.497 e. The van der Waals surface area contributed by atoms with Crippen molar-refractivity contribution in [2.45, 2.75) is 5.92 Å². The molecule has 28 heavy (non-hydrogen) atoms. The van der Waals surface area contributed by atoms with Gasteiger partial charge in [-0.15, -0.1) is 0 Å². The number of nitrogens with zero attached hydrogens (tertiary/aromatic N) is 1. The first kappa shape index (κ1) is 17.4. The van der Waals surface area contributed by atoms with Gasteiger partial charge < -0.3 is 10.1 Å². The maximum atomic E-state index is 12.6. The third-order valence-corrected chi connectivity index (χ3v) is 4.71. The van der Waals surface area contributed by atoms with E-state index in [0.717, 1.165) is 11.1 Å². The lowest BCUT2D eigenvalue weighted by Crippen LogP contribution is -2.32. The van der Waals surface area contributed by atoms with Crippen LogP contribution in [-0.4, -0.2) is 17.1 Å². The Morgan fingerprint density at radius 2 is 1.71 bits per heavy atom. The Morgan fingerprint density at radius 1 is 1.00 bits per heavy atom. The smallest absolute Gasteiger partial charge is 0.327 e. The number of aromatic amines is 2. The second-order valence-electron chi connectivity index (χ2n) is 6.29. The van der Waals surface area contributed by atoms with Gasteiger partial charge in [0.2, 0.25) is 0 Å². The van der Waals surface area contributed by atoms with Gasteiger partial charge >= 0.3 is 5.69 Å². The van der Waals surface area contributed by atoms with Crippen LogP contribution in [0.4, 0.5) is 5.82 Å². The Balaban J connectivity index is 2.01. The largest absolute Gasteiger partial charge is 0.497 e. The quantitative estimate of drug-likeness (QED) is 0.654. The molecule has 3 aromatic rings. The molecular weight excluding hydrogens is 356 g/mol. The lowest BCUT2D eigenvalue weighted by Gasteiger charge is -2.28. The number of anilines is 1. The van der Waals surface area contributed by atoms with Gasteiger partial charge in [-0.2, -0.15) is 5.26 Å². The normalized spacial score (nSPS) is 15.4. The van der Waals surface area contributed by atoms with E-state index in [1.807, 2.05) is 42.5 Å². The molecule has 2 heterocycles. The summed E-state index contributed by atoms with van der Waals surface area (Å²) in [6, 6.07) is 18.7. The summed E-state index contributed by atoms with van der Waals surface area (Å²) in [5.74, 6) is 0.314. The fourth-order valence-electron chi connectivity index (χ4n) is 3.43. The summed E-state index contributed by atoms with van der Waals surface area (Å²) in [5, 5.41) is 13.0. The molecule has 4 rings (SSSR count). The summed E-state index contributed by atoms with van der Waals surface area (Å²) in [7, 11) is 1.57. The monoisotopic (exact) mass is 372 g/mol. The molecule has 3 N–H and O–H groups in total. The molecule has 7 heteroatoms. The van der Waals surface area contributed by atoms with Crippen LogP contribution in [0.3, 0.4) is 0 Å². The maximum absolute atomic E-state index is 12.6. The fourth-order valence-corrected chi connectivity index (χ4v) is 3.43. The number of methoxy groups -OCH3 is 1. The number of fused-ring (bicyclic) bond motifs is 1. The van der Waals surface area contributed by atoms with Gasteiger partial charge in [0.15, 0.2) is 0 Å². The van der Waals surface area contributed by atoms with E-state index in [9.17, 15) is 14.9 Å². The summed E-state index contributed by atoms with van der Waals surface area (Å²) in [6.45, 7) is 0. The number of benzene rings is 2. The molecule has 0 spiro atoms. The SMILES string of the molecule is COc1ccc(C2C(C#N)=C(c3ccccc3)Nc3[nH]c(=O)[nH]c(=O)c32)cc1. The summed E-state index contributed by atoms with van der Waals surface area (Å²) in [5.41, 5.74) is 1.61. The molecule has 1 aliphatic rings. The number of nitrogens with one attached hydrogen (secondary N) is 3. The number of ether oxygens (including phenoxy) is 1. The van der Waals surface area contributed by atoms with Crippen LogP contribution in [-0.2, 0) is 0 Å². The molecule has 7 nitrogen and oxygen atoms in total. The van der Waals surface area contributed by atoms with Crippen LogP contribution in [0.25, 0.3) is 5.70 Å². The van der Waals surface area contributed by atoms with Gasteiger partial charge in [0, 0.05) is 0 Å². The molecular formula is C21H16N4O3. The van der Waals surface area contributed by atoms with Gasteiger partial charge in [0.25, 0.3) is 5.56 Å². The van der Waals surface area contributed by atoms with Gasteiger partial charge in [-0.1, -0.05) is 42.5 Å². The summed E-state index contributed by atoms with van der Waals surface area (Å²) in [6.07, 6.45) is 0. The molecule has 0 saturated heterocycles. The molecule has 0 amide bonds. The van der Waals surface area contributed by atoms with Crippen molar-refractivity contribution >= 4 is 11.5 Å². The lowest BCUT2D eigenvalue weighted by molar-refractivity contribution is 0.414. The molecule has 0 bridgehead atoms. The Hall–Kier alpha value is -4.05. The molecule has 0 radical (unpaired) electrons. The number of aromatic nitrogens is 2. The first-order valence-corrected chi connectivity index (χ1v) is 8.59. The zero-order chi connectivity index (χ0) is 19.7. The highest BCUT2D eigenvalue weighted by Crippen LogP contribution is 2.41. The van der Waals surface area contributed by atoms with E-state index in [1.54, 1.807) is 19.2 Å². The van der Waals surface area contributed by atoms with Crippen molar-refractivity contribution in [2.75, 3.05) is 12.4 Å². The van der Waals surface area contributed by atoms with Crippen molar-refractivity contribution < 1.29 is 4.74 Å². The minimum absolute atomic E-state index is 0.285. The van der Waals surface area contributed by atoms with Gasteiger partial charge in [-0.25, -0.2) is 4.79 Å². The Kier molecular flexibility index (Phi) is 4.30. The van der Waals surface area contributed by atoms with E-state index in [-0.39, 0.29) is 5.82 Å². The molecule has 2 aromatic carbocycles. The number of H-pyrrole nitrogens is 2. The number of nitriles is 1. The van der Waals surface area contributed by atoms with Crippen molar-refractivity contribution in [3.05, 3.63) is 97.7 Å². The van der Waals surface area contributed by atoms with Gasteiger partial charge in [0.05, 0.1) is 35.9 Å². The van der Waals surface area contributed by atoms with Crippen LogP contribution in [0.15, 0.2) is 69.8 Å². The van der Waals surface area contributed by atoms with Crippen LogP contribution in [0.2, 0.25) is 0 Å². The third-order valence-electron chi connectivity index (χ3n) is 4.71. The van der Waals surface area contributed by atoms with E-state index in [1.165, 1.54) is 0 Å². The van der Waals surface area contributed by atoms with Crippen molar-refractivity contribution in [1.29, 1.82) is 5.26 Å². The van der Waals surface area contributed by atoms with E-state index >= 15 is 0 Å². The topological polar surface area (TPSA) is 111 Å². The first-order chi connectivity index (χ1) is 13.6. The predicted molar refractivity (Wildman–Crippen MR) is 105 cm³/mol. The summed E-state index contributed by atoms with van der Waals surface area (Å²) < 4.78 is 5.20. The number of allylic oxidation sites excluding steroid dienone is 1. The second-order valence-corrected chi connectivity index (χ2v) is 6.29. The van der Waals surface area contributed by atoms with E-state index in [0.29, 0.717) is 22.6 Å². The van der Waals surface area contributed by atoms with Gasteiger partial charge in [-0.3, -0.25) is 14.8 Å². The highest BCUT2D eigenvalue weighted by Gasteiger charge is 2.33. The predicted octanol–water partition coefficient (Wildman–Crippen LogP) is 2.56. The molecule has 1 aromatic heterocycles. The third kappa shape index (κ3) is 2.87. The fraction of sp³-hybridized carbons (Fsp3) is 0.0952. The first-order valence-electron chi connectivity index (χ1n) is 8.59. The van der Waals surface area contributed by atoms with E-state index in [4.69, 9.17) is 4.74 Å². The van der Waals surface area contributed by atoms with Crippen LogP contribution < -0.4 is 21.3 Å². The molecule has 0 aliphatic carbocycles. The Labute approximate surface area is 159 Å². The van der Waals surface area contributed by atoms with E-state index in [2.05, 4.69) is 21.4 Å². The molecule has 1 aliphatic heterocycles. The number of rotatable bonds is 3. The highest BCUT2D eigenvalue weighted by atomic mass is 16.5. The summed E-state index contributed by atoms with van der Waals surface area (Å²) >= 11 is 0. The number of hydrogen-bond acceptors (Lipinski definition) is 5. The van der Waals surface area contributed by atoms with Crippen LogP contribution in [0, 0.1) is 11.3 Å². The summed E-state index contributed by atoms with van der Waals surface area (Å²) in [4.78, 5) is 29.4. The molecule has 0 fully saturated rings. The van der Waals surface area contributed by atoms with Gasteiger partial charge in [0.1, 0.15) is 11.6 Å². The van der Waals surface area contributed by atoms with Crippen LogP contribution >= 0.6 is 0 Å². The van der Waals surface area contributed by atoms with Crippen molar-refractivity contribution in [1.82, 2.24) is 9.97 Å². The minimum atomic E-state index is -0.636. The van der Waals surface area contributed by atoms with Crippen molar-refractivity contribution in [3.63, 3.8) is 0 Å². The molecule has 1 atom stereocenters. The average Bonchev–Trinajstić information content (AvgIpc) is 2.73. The molecule has 1 unspecified atom stereocenters. The Morgan fingerprint density at radius 3 is 2.36 bits per heavy atom. The van der Waals surface area contributed by atoms with E-state index < -0.39 is 17.2 Å². The van der Waals surface area contributed by atoms with Gasteiger partial charge in [-0.05, 0) is 23.3 Å². The molecule has 138 valence electrons. The maximum Gasteiger partial charge on any atom is 0.327 e. The number of hydrogen-bond donors (Lipinski definition) is 3. The Bertz CT molecular complexity index is 1220. The van der Waals surface area contributed by atoms with Crippen molar-refractivity contribution in [2.24, 2.45) is 0 Å². The second kappa shape index (κ2) is 6.93. The van der Waals surface area contributed by atoms with Crippen LogP contribution in [0.5, 0.6) is 5.75 Å². The zero-order valence-electron chi connectivity index (χ0n) is 14.9. The highest BCUT2D eigenvalue weighted by molar-refractivity contribution is 5.86. The molecule has 0 saturated carbocycles. The van der Waals surface area contributed by atoms with Crippen molar-refractivity contribution in [3.8, 4) is 11.8 Å². The van der Waals surface area contributed by atoms with Crippen LogP contribution in [0.1, 0.15) is 22.6 Å². The standard InChI is InChI=1S/C21H16N4O3/c1-28-14-9-7-12(8-10-14)16-15(11-22)18(13-5-3-2-4-6-13)23-19-17(16)20(26)25-21(27)24-19/h2-10,16H,1H3,(H3,23,24,25,26,27).